The molecule has 7 nitrogen and oxygen atoms in total. The Balaban J connectivity index is 1.66. The Kier molecular flexibility index (Phi) is 8.53. The van der Waals surface area contributed by atoms with E-state index in [-0.39, 0.29) is 10.6 Å². The van der Waals surface area contributed by atoms with E-state index < -0.39 is 17.8 Å². The van der Waals surface area contributed by atoms with Gasteiger partial charge in [0.1, 0.15) is 16.4 Å². The molecule has 0 aromatic heterocycles. The average molecular weight is 537 g/mol. The Morgan fingerprint density at radius 3 is 2.41 bits per heavy atom. The highest BCUT2D eigenvalue weighted by Crippen LogP contribution is 2.39. The molecule has 0 saturated heterocycles. The summed E-state index contributed by atoms with van der Waals surface area (Å²) in [6.45, 7) is 2.35. The van der Waals surface area contributed by atoms with Gasteiger partial charge in [0, 0.05) is 9.92 Å². The number of halogens is 1. The van der Waals surface area contributed by atoms with Gasteiger partial charge < -0.3 is 14.8 Å². The number of carbonyl (C=O) groups is 3. The molecule has 37 heavy (non-hydrogen) atoms. The maximum Gasteiger partial charge on any atom is 0.338 e. The fourth-order valence-corrected chi connectivity index (χ4v) is 4.73. The van der Waals surface area contributed by atoms with Crippen LogP contribution in [0.15, 0.2) is 88.3 Å². The van der Waals surface area contributed by atoms with Crippen molar-refractivity contribution in [2.45, 2.75) is 24.7 Å². The molecule has 2 amide bonds. The van der Waals surface area contributed by atoms with Crippen LogP contribution in [0.2, 0.25) is 5.02 Å². The number of carbonyl (C=O) groups excluding carboxylic acids is 3. The normalized spacial score (nSPS) is 13.2. The maximum absolute atomic E-state index is 13.6. The van der Waals surface area contributed by atoms with Crippen LogP contribution < -0.4 is 15.0 Å². The third-order valence-corrected chi connectivity index (χ3v) is 6.84. The van der Waals surface area contributed by atoms with Gasteiger partial charge in [-0.15, -0.1) is 0 Å². The molecule has 0 spiro atoms. The summed E-state index contributed by atoms with van der Waals surface area (Å²) in [6, 6.07) is 20.5. The van der Waals surface area contributed by atoms with Crippen LogP contribution in [-0.2, 0) is 14.3 Å². The van der Waals surface area contributed by atoms with Gasteiger partial charge in [0.2, 0.25) is 0 Å². The summed E-state index contributed by atoms with van der Waals surface area (Å²) in [5, 5.41) is 3.51. The summed E-state index contributed by atoms with van der Waals surface area (Å²) >= 11 is 7.36. The second kappa shape index (κ2) is 12.0. The van der Waals surface area contributed by atoms with E-state index in [2.05, 4.69) is 5.32 Å². The van der Waals surface area contributed by atoms with E-state index in [1.807, 2.05) is 37.3 Å². The molecular weight excluding hydrogens is 512 g/mol. The van der Waals surface area contributed by atoms with Crippen LogP contribution in [0.5, 0.6) is 5.75 Å². The number of methoxy groups -OCH3 is 1. The topological polar surface area (TPSA) is 84.9 Å². The van der Waals surface area contributed by atoms with E-state index in [1.54, 1.807) is 42.5 Å². The van der Waals surface area contributed by atoms with Crippen molar-refractivity contribution < 1.29 is 23.9 Å². The Morgan fingerprint density at radius 1 is 1.00 bits per heavy atom. The minimum absolute atomic E-state index is 0.0995. The molecule has 0 bridgehead atoms. The van der Waals surface area contributed by atoms with Gasteiger partial charge in [-0.05, 0) is 61.0 Å². The predicted molar refractivity (Wildman–Crippen MR) is 145 cm³/mol. The van der Waals surface area contributed by atoms with Gasteiger partial charge in [0.25, 0.3) is 11.8 Å². The van der Waals surface area contributed by atoms with Crippen LogP contribution in [0.25, 0.3) is 0 Å². The summed E-state index contributed by atoms with van der Waals surface area (Å²) in [7, 11) is 1.51. The molecule has 9 heteroatoms. The number of nitrogens with one attached hydrogen (secondary N) is 1. The number of thioether (sulfide) groups is 1. The van der Waals surface area contributed by atoms with Crippen molar-refractivity contribution in [2.24, 2.45) is 0 Å². The SMILES string of the molecule is CCCCOC(=O)c1ccc(N2C(=O)C(Nc3cc(Cl)ccc3OC)=C(Sc3ccccc3)C2=O)cc1. The Bertz CT molecular complexity index is 1340. The van der Waals surface area contributed by atoms with E-state index in [9.17, 15) is 14.4 Å². The summed E-state index contributed by atoms with van der Waals surface area (Å²) in [4.78, 5) is 41.5. The standard InChI is InChI=1S/C28H25ClN2O5S/c1-3-4-16-36-28(34)18-10-13-20(14-11-18)31-26(32)24(30-22-17-19(29)12-15-23(22)35-2)25(27(31)33)37-21-8-6-5-7-9-21/h5-15,17,30H,3-4,16H2,1-2H3. The van der Waals surface area contributed by atoms with Crippen LogP contribution in [0.3, 0.4) is 0 Å². The maximum atomic E-state index is 13.6. The first-order valence-corrected chi connectivity index (χ1v) is 12.9. The molecule has 3 aromatic rings. The first kappa shape index (κ1) is 26.3. The van der Waals surface area contributed by atoms with Crippen molar-refractivity contribution in [1.29, 1.82) is 0 Å². The Morgan fingerprint density at radius 2 is 1.73 bits per heavy atom. The minimum atomic E-state index is -0.538. The molecule has 0 atom stereocenters. The van der Waals surface area contributed by atoms with Crippen LogP contribution >= 0.6 is 23.4 Å². The van der Waals surface area contributed by atoms with Crippen molar-refractivity contribution in [3.8, 4) is 5.75 Å². The van der Waals surface area contributed by atoms with Gasteiger partial charge in [-0.1, -0.05) is 54.9 Å². The van der Waals surface area contributed by atoms with Crippen molar-refractivity contribution in [1.82, 2.24) is 0 Å². The quantitative estimate of drug-likeness (QED) is 0.185. The average Bonchev–Trinajstić information content (AvgIpc) is 3.13. The van der Waals surface area contributed by atoms with Gasteiger partial charge in [0.15, 0.2) is 0 Å². The lowest BCUT2D eigenvalue weighted by atomic mass is 10.2. The lowest BCUT2D eigenvalue weighted by Crippen LogP contribution is -2.32. The van der Waals surface area contributed by atoms with Crippen molar-refractivity contribution >= 4 is 52.5 Å². The second-order valence-electron chi connectivity index (χ2n) is 8.07. The van der Waals surface area contributed by atoms with Crippen molar-refractivity contribution in [3.05, 3.63) is 94.0 Å². The van der Waals surface area contributed by atoms with Gasteiger partial charge in [-0.25, -0.2) is 9.69 Å². The summed E-state index contributed by atoms with van der Waals surface area (Å²) < 4.78 is 10.6. The number of hydrogen-bond acceptors (Lipinski definition) is 7. The third kappa shape index (κ3) is 5.98. The number of unbranched alkanes of at least 4 members (excludes halogenated alkanes) is 1. The molecule has 190 valence electrons. The highest BCUT2D eigenvalue weighted by atomic mass is 35.5. The highest BCUT2D eigenvalue weighted by molar-refractivity contribution is 8.04. The predicted octanol–water partition coefficient (Wildman–Crippen LogP) is 6.29. The molecule has 3 aromatic carbocycles. The molecule has 0 fully saturated rings. The number of hydrogen-bond donors (Lipinski definition) is 1. The first-order valence-electron chi connectivity index (χ1n) is 11.7. The van der Waals surface area contributed by atoms with E-state index in [4.69, 9.17) is 21.1 Å². The van der Waals surface area contributed by atoms with Gasteiger partial charge in [-0.3, -0.25) is 9.59 Å². The van der Waals surface area contributed by atoms with E-state index in [1.165, 1.54) is 18.9 Å². The van der Waals surface area contributed by atoms with Crippen molar-refractivity contribution in [2.75, 3.05) is 23.9 Å². The highest BCUT2D eigenvalue weighted by Gasteiger charge is 2.40. The molecule has 0 unspecified atom stereocenters. The molecule has 0 radical (unpaired) electrons. The van der Waals surface area contributed by atoms with E-state index in [0.717, 1.165) is 22.6 Å². The number of nitrogens with zero attached hydrogens (tertiary/aromatic N) is 1. The third-order valence-electron chi connectivity index (χ3n) is 5.52. The number of benzene rings is 3. The molecule has 1 aliphatic heterocycles. The van der Waals surface area contributed by atoms with E-state index >= 15 is 0 Å². The summed E-state index contributed by atoms with van der Waals surface area (Å²) in [6.07, 6.45) is 1.69. The number of amides is 2. The number of rotatable bonds is 10. The first-order chi connectivity index (χ1) is 17.9. The number of imide groups is 1. The van der Waals surface area contributed by atoms with Crippen LogP contribution in [0.1, 0.15) is 30.1 Å². The van der Waals surface area contributed by atoms with Gasteiger partial charge in [0.05, 0.1) is 30.7 Å². The number of ether oxygens (including phenoxy) is 2. The number of esters is 1. The van der Waals surface area contributed by atoms with Crippen molar-refractivity contribution in [3.63, 3.8) is 0 Å². The molecule has 1 N–H and O–H groups in total. The van der Waals surface area contributed by atoms with Gasteiger partial charge >= 0.3 is 5.97 Å². The molecule has 0 aliphatic carbocycles. The molecule has 4 rings (SSSR count). The zero-order chi connectivity index (χ0) is 26.4. The zero-order valence-electron chi connectivity index (χ0n) is 20.3. The van der Waals surface area contributed by atoms with Crippen LogP contribution in [0, 0.1) is 0 Å². The molecule has 1 heterocycles. The minimum Gasteiger partial charge on any atom is -0.495 e. The Labute approximate surface area is 224 Å². The lowest BCUT2D eigenvalue weighted by molar-refractivity contribution is -0.120. The largest absolute Gasteiger partial charge is 0.495 e. The molecule has 0 saturated carbocycles. The summed E-state index contributed by atoms with van der Waals surface area (Å²) in [5.41, 5.74) is 1.22. The lowest BCUT2D eigenvalue weighted by Gasteiger charge is -2.16. The van der Waals surface area contributed by atoms with Gasteiger partial charge in [-0.2, -0.15) is 0 Å². The fourth-order valence-electron chi connectivity index (χ4n) is 3.61. The fraction of sp³-hybridized carbons (Fsp3) is 0.179. The molecule has 1 aliphatic rings. The number of anilines is 2. The zero-order valence-corrected chi connectivity index (χ0v) is 21.9. The monoisotopic (exact) mass is 536 g/mol. The molecular formula is C28H25ClN2O5S. The van der Waals surface area contributed by atoms with Crippen LogP contribution in [-0.4, -0.2) is 31.5 Å². The van der Waals surface area contributed by atoms with E-state index in [0.29, 0.717) is 34.3 Å². The Hall–Kier alpha value is -3.75. The second-order valence-corrected chi connectivity index (χ2v) is 9.59. The smallest absolute Gasteiger partial charge is 0.338 e. The summed E-state index contributed by atoms with van der Waals surface area (Å²) in [5.74, 6) is -1.01. The van der Waals surface area contributed by atoms with Crippen LogP contribution in [0.4, 0.5) is 11.4 Å².